The number of rotatable bonds is 9. The van der Waals surface area contributed by atoms with E-state index in [-0.39, 0.29) is 48.4 Å². The van der Waals surface area contributed by atoms with Gasteiger partial charge < -0.3 is 19.1 Å². The molecule has 7 nitrogen and oxygen atoms in total. The average molecular weight is 600 g/mol. The molecule has 3 aromatic carbocycles. The van der Waals surface area contributed by atoms with Gasteiger partial charge in [0.05, 0.1) is 35.8 Å². The molecule has 0 bridgehead atoms. The fourth-order valence-corrected chi connectivity index (χ4v) is 5.21. The van der Waals surface area contributed by atoms with Gasteiger partial charge in [0.15, 0.2) is 11.6 Å². The normalized spacial score (nSPS) is 16.8. The van der Waals surface area contributed by atoms with Crippen molar-refractivity contribution in [3.8, 4) is 5.75 Å². The minimum Gasteiger partial charge on any atom is -0.486 e. The van der Waals surface area contributed by atoms with Gasteiger partial charge in [-0.1, -0.05) is 23.7 Å². The van der Waals surface area contributed by atoms with Gasteiger partial charge in [-0.2, -0.15) is 13.5 Å². The number of hydrogen-bond donors (Lipinski definition) is 1. The lowest BCUT2D eigenvalue weighted by Crippen LogP contribution is -2.32. The number of fused-ring (bicyclic) bond motifs is 1. The Morgan fingerprint density at radius 3 is 2.68 bits per heavy atom. The Bertz CT molecular complexity index is 1640. The number of aromatic nitrogens is 2. The van der Waals surface area contributed by atoms with Gasteiger partial charge in [0.1, 0.15) is 18.2 Å². The third-order valence-corrected chi connectivity index (χ3v) is 7.51. The molecule has 3 heterocycles. The highest BCUT2D eigenvalue weighted by molar-refractivity contribution is 7.59. The second-order valence-corrected chi connectivity index (χ2v) is 10.4. The summed E-state index contributed by atoms with van der Waals surface area (Å²) >= 11 is 5.81. The van der Waals surface area contributed by atoms with Crippen molar-refractivity contribution < 1.29 is 28.2 Å². The number of carbonyl (C=O) groups is 1. The standard InChI is InChI=1S/C30H26ClF2N3O4.H2S/c31-21-3-6-28(25(33)13-21)40-17-18-1-4-24(32)23(11-18)20-7-9-35(14-20)16-29-34-26-5-2-19(30(37)38)12-27(26)36(29)15-22-8-10-39-22;/h1-7,11-13,22H,8-10,14-17H2,(H,37,38);1H2/t22-;/m0./s1. The summed E-state index contributed by atoms with van der Waals surface area (Å²) in [6.07, 6.45) is 3.00. The molecule has 1 fully saturated rings. The summed E-state index contributed by atoms with van der Waals surface area (Å²) in [6.45, 7) is 3.01. The Labute approximate surface area is 247 Å². The SMILES string of the molecule is O=C(O)c1ccc2nc(CN3CC=C(c4cc(COc5ccc(Cl)cc5F)ccc4F)C3)n(C[C@@H]3CCO3)c2c1.S. The van der Waals surface area contributed by atoms with Crippen LogP contribution < -0.4 is 4.74 Å². The maximum absolute atomic E-state index is 14.9. The Morgan fingerprint density at radius 1 is 1.12 bits per heavy atom. The van der Waals surface area contributed by atoms with E-state index in [2.05, 4.69) is 4.90 Å². The number of halogens is 3. The molecule has 41 heavy (non-hydrogen) atoms. The molecule has 1 saturated heterocycles. The smallest absolute Gasteiger partial charge is 0.335 e. The molecular weight excluding hydrogens is 572 g/mol. The first-order valence-electron chi connectivity index (χ1n) is 13.0. The first-order chi connectivity index (χ1) is 19.3. The maximum Gasteiger partial charge on any atom is 0.335 e. The zero-order chi connectivity index (χ0) is 27.8. The van der Waals surface area contributed by atoms with Gasteiger partial charge in [0.2, 0.25) is 0 Å². The Hall–Kier alpha value is -3.44. The summed E-state index contributed by atoms with van der Waals surface area (Å²) < 4.78 is 42.3. The Kier molecular flexibility index (Phi) is 8.65. The quantitative estimate of drug-likeness (QED) is 0.253. The maximum atomic E-state index is 14.9. The molecule has 4 aromatic rings. The van der Waals surface area contributed by atoms with Crippen molar-refractivity contribution in [2.24, 2.45) is 0 Å². The van der Waals surface area contributed by atoms with Crippen LogP contribution >= 0.6 is 25.1 Å². The number of nitrogens with zero attached hydrogens (tertiary/aromatic N) is 3. The molecule has 0 amide bonds. The highest BCUT2D eigenvalue weighted by atomic mass is 35.5. The third-order valence-electron chi connectivity index (χ3n) is 7.27. The van der Waals surface area contributed by atoms with Crippen LogP contribution in [0.1, 0.15) is 33.7 Å². The summed E-state index contributed by atoms with van der Waals surface area (Å²) in [5.74, 6) is -1.01. The lowest BCUT2D eigenvalue weighted by Gasteiger charge is -2.28. The predicted octanol–water partition coefficient (Wildman–Crippen LogP) is 6.05. The van der Waals surface area contributed by atoms with Gasteiger partial charge in [0.25, 0.3) is 0 Å². The van der Waals surface area contributed by atoms with E-state index < -0.39 is 11.8 Å². The van der Waals surface area contributed by atoms with Gasteiger partial charge >= 0.3 is 5.97 Å². The number of imidazole rings is 1. The van der Waals surface area contributed by atoms with Crippen LogP contribution in [-0.4, -0.2) is 51.3 Å². The van der Waals surface area contributed by atoms with Crippen LogP contribution in [0.2, 0.25) is 5.02 Å². The van der Waals surface area contributed by atoms with Crippen LogP contribution in [0.15, 0.2) is 60.7 Å². The molecule has 0 spiro atoms. The van der Waals surface area contributed by atoms with Crippen LogP contribution in [-0.2, 0) is 24.4 Å². The summed E-state index contributed by atoms with van der Waals surface area (Å²) in [4.78, 5) is 18.5. The van der Waals surface area contributed by atoms with E-state index in [1.165, 1.54) is 18.2 Å². The minimum atomic E-state index is -0.988. The van der Waals surface area contributed by atoms with E-state index in [1.54, 1.807) is 36.4 Å². The Balaban J connectivity index is 0.00000337. The molecule has 2 aliphatic rings. The van der Waals surface area contributed by atoms with Crippen molar-refractivity contribution in [2.45, 2.75) is 32.2 Å². The molecule has 1 atom stereocenters. The number of carboxylic acid groups (broad SMARTS) is 1. The second kappa shape index (κ2) is 12.2. The second-order valence-electron chi connectivity index (χ2n) is 10.0. The lowest BCUT2D eigenvalue weighted by molar-refractivity contribution is -0.0591. The highest BCUT2D eigenvalue weighted by Crippen LogP contribution is 2.29. The summed E-state index contributed by atoms with van der Waals surface area (Å²) in [7, 11) is 0. The Morgan fingerprint density at radius 2 is 1.95 bits per heavy atom. The number of carboxylic acids is 1. The number of ether oxygens (including phenoxy) is 2. The zero-order valence-electron chi connectivity index (χ0n) is 21.9. The monoisotopic (exact) mass is 599 g/mol. The van der Waals surface area contributed by atoms with E-state index in [9.17, 15) is 18.7 Å². The van der Waals surface area contributed by atoms with Crippen molar-refractivity contribution in [2.75, 3.05) is 19.7 Å². The molecule has 2 aliphatic heterocycles. The molecule has 0 radical (unpaired) electrons. The minimum absolute atomic E-state index is 0. The van der Waals surface area contributed by atoms with Gasteiger partial charge in [-0.05, 0) is 66.1 Å². The fraction of sp³-hybridized carbons (Fsp3) is 0.267. The molecule has 0 unspecified atom stereocenters. The average Bonchev–Trinajstić information content (AvgIpc) is 3.50. The van der Waals surface area contributed by atoms with Crippen molar-refractivity contribution >= 4 is 47.7 Å². The van der Waals surface area contributed by atoms with E-state index in [0.717, 1.165) is 35.5 Å². The summed E-state index contributed by atoms with van der Waals surface area (Å²) in [6, 6.07) is 13.9. The van der Waals surface area contributed by atoms with E-state index in [4.69, 9.17) is 26.1 Å². The van der Waals surface area contributed by atoms with E-state index in [1.807, 2.05) is 10.6 Å². The third kappa shape index (κ3) is 6.25. The van der Waals surface area contributed by atoms with Gasteiger partial charge in [-0.3, -0.25) is 4.90 Å². The molecule has 6 rings (SSSR count). The van der Waals surface area contributed by atoms with Crippen molar-refractivity contribution in [3.63, 3.8) is 0 Å². The van der Waals surface area contributed by atoms with Crippen LogP contribution in [0.5, 0.6) is 5.75 Å². The van der Waals surface area contributed by atoms with Crippen molar-refractivity contribution in [1.82, 2.24) is 14.5 Å². The first-order valence-corrected chi connectivity index (χ1v) is 13.3. The van der Waals surface area contributed by atoms with Crippen molar-refractivity contribution in [1.29, 1.82) is 0 Å². The zero-order valence-corrected chi connectivity index (χ0v) is 23.7. The number of hydrogen-bond acceptors (Lipinski definition) is 5. The highest BCUT2D eigenvalue weighted by Gasteiger charge is 2.25. The van der Waals surface area contributed by atoms with Gasteiger partial charge in [-0.15, -0.1) is 0 Å². The molecule has 1 aromatic heterocycles. The number of benzene rings is 3. The van der Waals surface area contributed by atoms with E-state index in [0.29, 0.717) is 37.3 Å². The molecular formula is C30H28ClF2N3O4S. The fourth-order valence-electron chi connectivity index (χ4n) is 5.05. The van der Waals surface area contributed by atoms with Gasteiger partial charge in [-0.25, -0.2) is 18.6 Å². The molecule has 0 aliphatic carbocycles. The largest absolute Gasteiger partial charge is 0.486 e. The molecule has 1 N–H and O–H groups in total. The molecule has 214 valence electrons. The summed E-state index contributed by atoms with van der Waals surface area (Å²) in [5.41, 5.74) is 3.72. The van der Waals surface area contributed by atoms with Crippen molar-refractivity contribution in [3.05, 3.63) is 99.8 Å². The molecule has 0 saturated carbocycles. The number of aromatic carboxylic acids is 1. The van der Waals surface area contributed by atoms with Crippen LogP contribution in [0.25, 0.3) is 16.6 Å². The van der Waals surface area contributed by atoms with Crippen LogP contribution in [0.3, 0.4) is 0 Å². The van der Waals surface area contributed by atoms with Crippen LogP contribution in [0, 0.1) is 11.6 Å². The lowest BCUT2D eigenvalue weighted by atomic mass is 10.0. The topological polar surface area (TPSA) is 76.8 Å². The van der Waals surface area contributed by atoms with Gasteiger partial charge in [0, 0.05) is 30.3 Å². The molecule has 11 heteroatoms. The van der Waals surface area contributed by atoms with Crippen LogP contribution in [0.4, 0.5) is 8.78 Å². The predicted molar refractivity (Wildman–Crippen MR) is 157 cm³/mol. The first kappa shape index (κ1) is 29.1. The van der Waals surface area contributed by atoms with E-state index >= 15 is 0 Å². The summed E-state index contributed by atoms with van der Waals surface area (Å²) in [5, 5.41) is 9.76.